The van der Waals surface area contributed by atoms with Crippen LogP contribution in [0.25, 0.3) is 0 Å². The van der Waals surface area contributed by atoms with Crippen LogP contribution in [0.15, 0.2) is 12.1 Å². The smallest absolute Gasteiger partial charge is 0.119 e. The lowest BCUT2D eigenvalue weighted by atomic mass is 9.44. The Morgan fingerprint density at radius 1 is 0.633 bits per heavy atom. The molecular formula is C29H40O. The topological polar surface area (TPSA) is 20.2 Å². The molecule has 0 amide bonds. The summed E-state index contributed by atoms with van der Waals surface area (Å²) in [4.78, 5) is 0. The molecule has 8 saturated carbocycles. The molecule has 1 N–H and O–H groups in total. The molecule has 1 aromatic rings. The third kappa shape index (κ3) is 2.53. The van der Waals surface area contributed by atoms with Crippen LogP contribution in [-0.2, 0) is 10.8 Å². The fourth-order valence-corrected chi connectivity index (χ4v) is 10.8. The molecule has 0 aromatic heterocycles. The largest absolute Gasteiger partial charge is 0.508 e. The highest BCUT2D eigenvalue weighted by molar-refractivity contribution is 5.51. The van der Waals surface area contributed by atoms with Crippen LogP contribution in [0.3, 0.4) is 0 Å². The van der Waals surface area contributed by atoms with E-state index < -0.39 is 0 Å². The summed E-state index contributed by atoms with van der Waals surface area (Å²) in [6.45, 7) is 4.53. The van der Waals surface area contributed by atoms with Gasteiger partial charge in [-0.15, -0.1) is 0 Å². The van der Waals surface area contributed by atoms with E-state index in [1.165, 1.54) is 82.6 Å². The van der Waals surface area contributed by atoms with E-state index in [9.17, 15) is 5.11 Å². The van der Waals surface area contributed by atoms with Crippen LogP contribution in [0.4, 0.5) is 0 Å². The number of rotatable bonds is 3. The van der Waals surface area contributed by atoms with E-state index in [0.29, 0.717) is 22.5 Å². The van der Waals surface area contributed by atoms with Gasteiger partial charge in [-0.1, -0.05) is 19.9 Å². The van der Waals surface area contributed by atoms with E-state index in [1.54, 1.807) is 11.1 Å². The monoisotopic (exact) mass is 404 g/mol. The molecule has 8 fully saturated rings. The fraction of sp³-hybridized carbons (Fsp3) is 0.793. The average Bonchev–Trinajstić information content (AvgIpc) is 2.65. The summed E-state index contributed by atoms with van der Waals surface area (Å²) in [5.41, 5.74) is 5.43. The van der Waals surface area contributed by atoms with E-state index >= 15 is 0 Å². The second kappa shape index (κ2) is 6.08. The van der Waals surface area contributed by atoms with Crippen LogP contribution in [0, 0.1) is 35.5 Å². The summed E-state index contributed by atoms with van der Waals surface area (Å²) in [5.74, 6) is 6.85. The Balaban J connectivity index is 1.41. The molecule has 0 spiro atoms. The van der Waals surface area contributed by atoms with Crippen LogP contribution >= 0.6 is 0 Å². The Hall–Kier alpha value is -0.980. The maximum Gasteiger partial charge on any atom is 0.119 e. The zero-order valence-electron chi connectivity index (χ0n) is 19.1. The van der Waals surface area contributed by atoms with Crippen molar-refractivity contribution in [2.45, 2.75) is 108 Å². The van der Waals surface area contributed by atoms with Gasteiger partial charge in [0.2, 0.25) is 0 Å². The van der Waals surface area contributed by atoms with Crippen LogP contribution < -0.4 is 0 Å². The number of phenolic OH excluding ortho intramolecular Hbond substituents is 1. The molecule has 8 bridgehead atoms. The Morgan fingerprint density at radius 3 is 1.30 bits per heavy atom. The maximum atomic E-state index is 11.2. The molecule has 1 aromatic carbocycles. The Labute approximate surface area is 183 Å². The van der Waals surface area contributed by atoms with E-state index in [4.69, 9.17) is 0 Å². The first-order chi connectivity index (χ1) is 14.4. The van der Waals surface area contributed by atoms with E-state index in [1.807, 2.05) is 0 Å². The summed E-state index contributed by atoms with van der Waals surface area (Å²) in [5, 5.41) is 11.2. The van der Waals surface area contributed by atoms with E-state index in [0.717, 1.165) is 35.5 Å². The van der Waals surface area contributed by atoms with Crippen molar-refractivity contribution >= 4 is 0 Å². The number of benzene rings is 1. The summed E-state index contributed by atoms with van der Waals surface area (Å²) in [6, 6.07) is 4.89. The first-order valence-corrected chi connectivity index (χ1v) is 13.3. The van der Waals surface area contributed by atoms with Crippen molar-refractivity contribution in [2.24, 2.45) is 35.5 Å². The van der Waals surface area contributed by atoms with Gasteiger partial charge in [0.25, 0.3) is 0 Å². The molecule has 0 unspecified atom stereocenters. The molecule has 0 radical (unpaired) electrons. The molecule has 1 heteroatoms. The lowest BCUT2D eigenvalue weighted by Crippen LogP contribution is -2.52. The SMILES string of the molecule is CC(C)c1cc(C23CC4CC(CC(C4)C2)C3)c(C23CC4CC(CC(C4)C2)C3)cc1O. The van der Waals surface area contributed by atoms with Gasteiger partial charge < -0.3 is 5.11 Å². The van der Waals surface area contributed by atoms with Crippen molar-refractivity contribution < 1.29 is 5.11 Å². The highest BCUT2D eigenvalue weighted by Gasteiger charge is 2.56. The van der Waals surface area contributed by atoms with Crippen molar-refractivity contribution in [3.63, 3.8) is 0 Å². The highest BCUT2D eigenvalue weighted by atomic mass is 16.3. The molecule has 9 rings (SSSR count). The standard InChI is InChI=1S/C29H40O/c1-17(2)24-9-25(28-11-18-3-19(12-28)5-20(4-18)13-28)26(10-27(24)30)29-14-21-6-22(15-29)8-23(7-21)16-29/h9-10,17-23,30H,3-8,11-16H2,1-2H3. The predicted molar refractivity (Wildman–Crippen MR) is 122 cm³/mol. The molecule has 0 heterocycles. The van der Waals surface area contributed by atoms with Crippen LogP contribution in [0.1, 0.15) is 114 Å². The first kappa shape index (κ1) is 18.6. The van der Waals surface area contributed by atoms with Gasteiger partial charge in [-0.25, -0.2) is 0 Å². The summed E-state index contributed by atoms with van der Waals surface area (Å²) >= 11 is 0. The second-order valence-corrected chi connectivity index (χ2v) is 13.5. The average molecular weight is 405 g/mol. The first-order valence-electron chi connectivity index (χ1n) is 13.3. The van der Waals surface area contributed by atoms with Gasteiger partial charge in [-0.2, -0.15) is 0 Å². The number of hydrogen-bond acceptors (Lipinski definition) is 1. The number of aromatic hydroxyl groups is 1. The Morgan fingerprint density at radius 2 is 0.967 bits per heavy atom. The predicted octanol–water partition coefficient (Wildman–Crippen LogP) is 7.45. The molecule has 0 atom stereocenters. The summed E-state index contributed by atoms with van der Waals surface area (Å²) < 4.78 is 0. The van der Waals surface area contributed by atoms with Gasteiger partial charge in [0, 0.05) is 0 Å². The molecule has 8 aliphatic rings. The lowest BCUT2D eigenvalue weighted by molar-refractivity contribution is -0.0175. The quantitative estimate of drug-likeness (QED) is 0.554. The lowest BCUT2D eigenvalue weighted by Gasteiger charge is -2.61. The zero-order valence-corrected chi connectivity index (χ0v) is 19.1. The Bertz CT molecular complexity index is 806. The van der Waals surface area contributed by atoms with Crippen molar-refractivity contribution in [1.29, 1.82) is 0 Å². The molecule has 162 valence electrons. The van der Waals surface area contributed by atoms with Gasteiger partial charge in [0.1, 0.15) is 5.75 Å². The van der Waals surface area contributed by atoms with E-state index in [2.05, 4.69) is 26.0 Å². The zero-order chi connectivity index (χ0) is 20.3. The third-order valence-electron chi connectivity index (χ3n) is 11.0. The Kier molecular flexibility index (Phi) is 3.76. The number of hydrogen-bond donors (Lipinski definition) is 1. The molecule has 30 heavy (non-hydrogen) atoms. The van der Waals surface area contributed by atoms with Crippen molar-refractivity contribution in [2.75, 3.05) is 0 Å². The van der Waals surface area contributed by atoms with Crippen LogP contribution in [0.5, 0.6) is 5.75 Å². The van der Waals surface area contributed by atoms with Crippen molar-refractivity contribution in [3.8, 4) is 5.75 Å². The summed E-state index contributed by atoms with van der Waals surface area (Å²) in [7, 11) is 0. The van der Waals surface area contributed by atoms with Gasteiger partial charge in [-0.3, -0.25) is 0 Å². The van der Waals surface area contributed by atoms with Crippen molar-refractivity contribution in [1.82, 2.24) is 0 Å². The minimum Gasteiger partial charge on any atom is -0.508 e. The van der Waals surface area contributed by atoms with Gasteiger partial charge in [-0.05, 0) is 152 Å². The van der Waals surface area contributed by atoms with Gasteiger partial charge in [0.15, 0.2) is 0 Å². The molecular weight excluding hydrogens is 364 g/mol. The molecule has 8 aliphatic carbocycles. The second-order valence-electron chi connectivity index (χ2n) is 13.5. The van der Waals surface area contributed by atoms with Gasteiger partial charge >= 0.3 is 0 Å². The van der Waals surface area contributed by atoms with E-state index in [-0.39, 0.29) is 0 Å². The van der Waals surface area contributed by atoms with Crippen molar-refractivity contribution in [3.05, 3.63) is 28.8 Å². The summed E-state index contributed by atoms with van der Waals surface area (Å²) in [6.07, 6.45) is 17.6. The maximum absolute atomic E-state index is 11.2. The fourth-order valence-electron chi connectivity index (χ4n) is 10.8. The minimum absolute atomic E-state index is 0.389. The number of phenols is 1. The molecule has 0 saturated heterocycles. The highest BCUT2D eigenvalue weighted by Crippen LogP contribution is 2.66. The minimum atomic E-state index is 0.389. The van der Waals surface area contributed by atoms with Crippen LogP contribution in [0.2, 0.25) is 0 Å². The molecule has 1 nitrogen and oxygen atoms in total. The van der Waals surface area contributed by atoms with Gasteiger partial charge in [0.05, 0.1) is 0 Å². The molecule has 0 aliphatic heterocycles. The van der Waals surface area contributed by atoms with Crippen LogP contribution in [-0.4, -0.2) is 5.11 Å². The third-order valence-corrected chi connectivity index (χ3v) is 11.0. The normalized spacial score (nSPS) is 48.1.